The Balaban J connectivity index is 1.99. The summed E-state index contributed by atoms with van der Waals surface area (Å²) in [6.45, 7) is 3.71. The third-order valence-corrected chi connectivity index (χ3v) is 5.02. The average molecular weight is 426 g/mol. The van der Waals surface area contributed by atoms with Gasteiger partial charge >= 0.3 is 5.97 Å². The molecule has 2 aromatic heterocycles. The minimum absolute atomic E-state index is 0.0465. The molecule has 0 aliphatic rings. The number of pyridine rings is 1. The standard InChI is InChI=1S/C22H23FN4O4/c1-12-20(13(2)27(3)26-12)21-18(31-4)10-9-16(24-21)22(30)25-17(11-19(28)29)14-7-5-6-8-15(14)23/h5-10,17H,11H2,1-4H3,(H,25,30)(H,28,29). The maximum Gasteiger partial charge on any atom is 0.305 e. The highest BCUT2D eigenvalue weighted by Crippen LogP contribution is 2.33. The van der Waals surface area contributed by atoms with Gasteiger partial charge < -0.3 is 15.2 Å². The summed E-state index contributed by atoms with van der Waals surface area (Å²) >= 11 is 0. The van der Waals surface area contributed by atoms with Gasteiger partial charge in [-0.15, -0.1) is 0 Å². The normalized spacial score (nSPS) is 11.8. The van der Waals surface area contributed by atoms with E-state index in [1.54, 1.807) is 23.9 Å². The average Bonchev–Trinajstić information content (AvgIpc) is 2.98. The Kier molecular flexibility index (Phi) is 6.33. The molecule has 3 aromatic rings. The molecule has 31 heavy (non-hydrogen) atoms. The zero-order valence-corrected chi connectivity index (χ0v) is 17.6. The van der Waals surface area contributed by atoms with Crippen LogP contribution in [0.1, 0.15) is 39.9 Å². The highest BCUT2D eigenvalue weighted by Gasteiger charge is 2.24. The van der Waals surface area contributed by atoms with E-state index in [9.17, 15) is 19.1 Å². The maximum absolute atomic E-state index is 14.2. The molecule has 2 N–H and O–H groups in total. The first kappa shape index (κ1) is 21.9. The fourth-order valence-electron chi connectivity index (χ4n) is 3.44. The Morgan fingerprint density at radius 3 is 2.52 bits per heavy atom. The first-order valence-corrected chi connectivity index (χ1v) is 9.55. The van der Waals surface area contributed by atoms with Crippen LogP contribution in [-0.2, 0) is 11.8 Å². The molecular weight excluding hydrogens is 403 g/mol. The number of halogens is 1. The summed E-state index contributed by atoms with van der Waals surface area (Å²) < 4.78 is 21.4. The minimum Gasteiger partial charge on any atom is -0.494 e. The van der Waals surface area contributed by atoms with E-state index in [2.05, 4.69) is 15.4 Å². The summed E-state index contributed by atoms with van der Waals surface area (Å²) in [6.07, 6.45) is -0.476. The number of carbonyl (C=O) groups is 2. The van der Waals surface area contributed by atoms with Crippen LogP contribution in [0, 0.1) is 19.7 Å². The third kappa shape index (κ3) is 4.55. The van der Waals surface area contributed by atoms with Crippen LogP contribution in [-0.4, -0.2) is 38.9 Å². The van der Waals surface area contributed by atoms with E-state index in [0.29, 0.717) is 11.4 Å². The van der Waals surface area contributed by atoms with E-state index < -0.39 is 30.2 Å². The van der Waals surface area contributed by atoms with Crippen molar-refractivity contribution in [3.05, 3.63) is 64.9 Å². The first-order chi connectivity index (χ1) is 14.7. The Bertz CT molecular complexity index is 1140. The molecule has 3 rings (SSSR count). The smallest absolute Gasteiger partial charge is 0.305 e. The number of aryl methyl sites for hydroxylation is 2. The number of benzene rings is 1. The number of methoxy groups -OCH3 is 1. The van der Waals surface area contributed by atoms with Crippen molar-refractivity contribution in [2.24, 2.45) is 7.05 Å². The van der Waals surface area contributed by atoms with Crippen molar-refractivity contribution in [1.82, 2.24) is 20.1 Å². The van der Waals surface area contributed by atoms with Crippen molar-refractivity contribution in [2.45, 2.75) is 26.3 Å². The number of aliphatic carboxylic acids is 1. The molecule has 1 unspecified atom stereocenters. The van der Waals surface area contributed by atoms with Crippen molar-refractivity contribution >= 4 is 11.9 Å². The summed E-state index contributed by atoms with van der Waals surface area (Å²) in [5.41, 5.74) is 2.88. The number of nitrogens with zero attached hydrogens (tertiary/aromatic N) is 3. The minimum atomic E-state index is -1.17. The van der Waals surface area contributed by atoms with Crippen molar-refractivity contribution in [3.8, 4) is 17.0 Å². The molecule has 0 radical (unpaired) electrons. The van der Waals surface area contributed by atoms with Gasteiger partial charge in [-0.3, -0.25) is 14.3 Å². The topological polar surface area (TPSA) is 106 Å². The molecule has 9 heteroatoms. The molecule has 0 spiro atoms. The van der Waals surface area contributed by atoms with Gasteiger partial charge in [0.15, 0.2) is 0 Å². The van der Waals surface area contributed by atoms with Crippen LogP contribution in [0.5, 0.6) is 5.75 Å². The lowest BCUT2D eigenvalue weighted by Gasteiger charge is -2.18. The van der Waals surface area contributed by atoms with E-state index >= 15 is 0 Å². The Morgan fingerprint density at radius 1 is 1.23 bits per heavy atom. The largest absolute Gasteiger partial charge is 0.494 e. The fraction of sp³-hybridized carbons (Fsp3) is 0.273. The van der Waals surface area contributed by atoms with Crippen molar-refractivity contribution < 1.29 is 23.8 Å². The molecule has 8 nitrogen and oxygen atoms in total. The monoisotopic (exact) mass is 426 g/mol. The number of carboxylic acids is 1. The number of hydrogen-bond donors (Lipinski definition) is 2. The number of rotatable bonds is 7. The van der Waals surface area contributed by atoms with E-state index in [-0.39, 0.29) is 11.3 Å². The van der Waals surface area contributed by atoms with E-state index in [0.717, 1.165) is 17.0 Å². The number of ether oxygens (including phenoxy) is 1. The summed E-state index contributed by atoms with van der Waals surface area (Å²) in [5, 5.41) is 16.2. The van der Waals surface area contributed by atoms with Gasteiger partial charge in [-0.1, -0.05) is 18.2 Å². The highest BCUT2D eigenvalue weighted by atomic mass is 19.1. The highest BCUT2D eigenvalue weighted by molar-refractivity contribution is 5.94. The van der Waals surface area contributed by atoms with Crippen LogP contribution in [0.25, 0.3) is 11.3 Å². The third-order valence-electron chi connectivity index (χ3n) is 5.02. The zero-order chi connectivity index (χ0) is 22.7. The zero-order valence-electron chi connectivity index (χ0n) is 17.6. The Hall–Kier alpha value is -3.75. The van der Waals surface area contributed by atoms with E-state index in [4.69, 9.17) is 4.74 Å². The summed E-state index contributed by atoms with van der Waals surface area (Å²) in [5.74, 6) is -1.93. The Labute approximate surface area is 178 Å². The lowest BCUT2D eigenvalue weighted by molar-refractivity contribution is -0.137. The second kappa shape index (κ2) is 8.95. The molecule has 0 bridgehead atoms. The quantitative estimate of drug-likeness (QED) is 0.601. The fourth-order valence-corrected chi connectivity index (χ4v) is 3.44. The van der Waals surface area contributed by atoms with Crippen LogP contribution in [0.2, 0.25) is 0 Å². The van der Waals surface area contributed by atoms with Gasteiger partial charge in [0.25, 0.3) is 5.91 Å². The van der Waals surface area contributed by atoms with Crippen molar-refractivity contribution in [3.63, 3.8) is 0 Å². The molecule has 0 saturated carbocycles. The molecule has 1 atom stereocenters. The Morgan fingerprint density at radius 2 is 1.94 bits per heavy atom. The van der Waals surface area contributed by atoms with Crippen LogP contribution in [0.3, 0.4) is 0 Å². The van der Waals surface area contributed by atoms with E-state index in [1.165, 1.54) is 31.4 Å². The molecule has 0 aliphatic carbocycles. The first-order valence-electron chi connectivity index (χ1n) is 9.55. The molecule has 1 aromatic carbocycles. The number of amides is 1. The van der Waals surface area contributed by atoms with Gasteiger partial charge in [0.1, 0.15) is 23.0 Å². The number of hydrogen-bond acceptors (Lipinski definition) is 5. The molecule has 1 amide bonds. The number of aromatic nitrogens is 3. The van der Waals surface area contributed by atoms with Crippen LogP contribution >= 0.6 is 0 Å². The number of carboxylic acid groups (broad SMARTS) is 1. The lowest BCUT2D eigenvalue weighted by Crippen LogP contribution is -2.31. The molecule has 162 valence electrons. The second-order valence-electron chi connectivity index (χ2n) is 7.06. The molecular formula is C22H23FN4O4. The SMILES string of the molecule is COc1ccc(C(=O)NC(CC(=O)O)c2ccccc2F)nc1-c1c(C)nn(C)c1C. The maximum atomic E-state index is 14.2. The van der Waals surface area contributed by atoms with Gasteiger partial charge in [0.2, 0.25) is 0 Å². The van der Waals surface area contributed by atoms with Gasteiger partial charge in [-0.25, -0.2) is 9.37 Å². The molecule has 0 fully saturated rings. The van der Waals surface area contributed by atoms with Crippen molar-refractivity contribution in [1.29, 1.82) is 0 Å². The molecule has 0 aliphatic heterocycles. The van der Waals surface area contributed by atoms with Crippen LogP contribution in [0.4, 0.5) is 4.39 Å². The molecule has 0 saturated heterocycles. The van der Waals surface area contributed by atoms with Gasteiger partial charge in [0.05, 0.1) is 25.3 Å². The van der Waals surface area contributed by atoms with Crippen LogP contribution in [0.15, 0.2) is 36.4 Å². The number of carbonyl (C=O) groups excluding carboxylic acids is 1. The van der Waals surface area contributed by atoms with E-state index in [1.807, 2.05) is 13.8 Å². The van der Waals surface area contributed by atoms with Gasteiger partial charge in [0, 0.05) is 23.9 Å². The van der Waals surface area contributed by atoms with Crippen LogP contribution < -0.4 is 10.1 Å². The lowest BCUT2D eigenvalue weighted by atomic mass is 10.0. The summed E-state index contributed by atoms with van der Waals surface area (Å²) in [4.78, 5) is 28.7. The molecule has 2 heterocycles. The van der Waals surface area contributed by atoms with Gasteiger partial charge in [-0.2, -0.15) is 5.10 Å². The van der Waals surface area contributed by atoms with Gasteiger partial charge in [-0.05, 0) is 32.0 Å². The summed E-state index contributed by atoms with van der Waals surface area (Å²) in [6, 6.07) is 7.76. The predicted octanol–water partition coefficient (Wildman–Crippen LogP) is 3.19. The second-order valence-corrected chi connectivity index (χ2v) is 7.06. The predicted molar refractivity (Wildman–Crippen MR) is 111 cm³/mol. The van der Waals surface area contributed by atoms with Crippen molar-refractivity contribution in [2.75, 3.05) is 7.11 Å². The number of nitrogens with one attached hydrogen (secondary N) is 1. The summed E-state index contributed by atoms with van der Waals surface area (Å²) in [7, 11) is 3.31.